The lowest BCUT2D eigenvalue weighted by Crippen LogP contribution is -2.51. The van der Waals surface area contributed by atoms with Crippen molar-refractivity contribution >= 4 is 38.5 Å². The molecule has 4 rings (SSSR count). The molecule has 2 amide bonds. The van der Waals surface area contributed by atoms with Gasteiger partial charge in [0.15, 0.2) is 6.61 Å². The van der Waals surface area contributed by atoms with Crippen molar-refractivity contribution in [2.45, 2.75) is 25.9 Å². The molecular weight excluding hydrogens is 535 g/mol. The van der Waals surface area contributed by atoms with Gasteiger partial charge in [-0.05, 0) is 63.0 Å². The molecule has 1 atom stereocenters. The van der Waals surface area contributed by atoms with Gasteiger partial charge in [-0.2, -0.15) is 0 Å². The Bertz CT molecular complexity index is 1360. The zero-order chi connectivity index (χ0) is 26.2. The number of nitrogens with one attached hydrogen (secondary N) is 1. The Kier molecular flexibility index (Phi) is 8.90. The Balaban J connectivity index is 1.62. The molecule has 37 heavy (non-hydrogen) atoms. The number of fused-ring (bicyclic) bond motifs is 1. The van der Waals surface area contributed by atoms with Gasteiger partial charge in [0.25, 0.3) is 5.91 Å². The maximum atomic E-state index is 13.6. The van der Waals surface area contributed by atoms with Gasteiger partial charge in [0.1, 0.15) is 17.6 Å². The summed E-state index contributed by atoms with van der Waals surface area (Å²) in [4.78, 5) is 28.3. The molecule has 0 saturated carbocycles. The molecular formula is C30H28BrFN2O3. The van der Waals surface area contributed by atoms with Crippen LogP contribution in [0.2, 0.25) is 0 Å². The van der Waals surface area contributed by atoms with Crippen LogP contribution in [0, 0.1) is 5.82 Å². The first-order valence-corrected chi connectivity index (χ1v) is 12.9. The molecule has 1 unspecified atom stereocenters. The predicted molar refractivity (Wildman–Crippen MR) is 147 cm³/mol. The van der Waals surface area contributed by atoms with Crippen LogP contribution < -0.4 is 10.1 Å². The number of likely N-dealkylation sites (N-methyl/N-ethyl adjacent to an activating group) is 1. The Morgan fingerprint density at radius 2 is 1.62 bits per heavy atom. The van der Waals surface area contributed by atoms with Crippen molar-refractivity contribution in [3.05, 3.63) is 112 Å². The van der Waals surface area contributed by atoms with E-state index in [1.165, 1.54) is 17.0 Å². The second-order valence-electron chi connectivity index (χ2n) is 8.64. The number of ether oxygens (including phenoxy) is 1. The van der Waals surface area contributed by atoms with Crippen LogP contribution in [0.1, 0.15) is 18.1 Å². The number of rotatable bonds is 10. The Morgan fingerprint density at radius 1 is 0.919 bits per heavy atom. The summed E-state index contributed by atoms with van der Waals surface area (Å²) in [6.07, 6.45) is 0.333. The molecule has 1 N–H and O–H groups in total. The highest BCUT2D eigenvalue weighted by Crippen LogP contribution is 2.33. The normalized spacial score (nSPS) is 11.6. The number of amides is 2. The first kappa shape index (κ1) is 26.4. The lowest BCUT2D eigenvalue weighted by molar-refractivity contribution is -0.142. The fourth-order valence-electron chi connectivity index (χ4n) is 4.18. The lowest BCUT2D eigenvalue weighted by Gasteiger charge is -2.31. The summed E-state index contributed by atoms with van der Waals surface area (Å²) in [5, 5.41) is 4.88. The Labute approximate surface area is 224 Å². The second kappa shape index (κ2) is 12.5. The number of carbonyl (C=O) groups is 2. The van der Waals surface area contributed by atoms with Crippen LogP contribution in [0.5, 0.6) is 5.75 Å². The smallest absolute Gasteiger partial charge is 0.261 e. The minimum absolute atomic E-state index is 0.135. The third kappa shape index (κ3) is 6.74. The Morgan fingerprint density at radius 3 is 2.35 bits per heavy atom. The van der Waals surface area contributed by atoms with Crippen LogP contribution in [-0.2, 0) is 22.6 Å². The molecule has 4 aromatic carbocycles. The van der Waals surface area contributed by atoms with E-state index >= 15 is 0 Å². The van der Waals surface area contributed by atoms with E-state index in [0.29, 0.717) is 24.3 Å². The highest BCUT2D eigenvalue weighted by molar-refractivity contribution is 9.10. The van der Waals surface area contributed by atoms with Crippen LogP contribution in [0.4, 0.5) is 4.39 Å². The fraction of sp³-hybridized carbons (Fsp3) is 0.200. The lowest BCUT2D eigenvalue weighted by atomic mass is 10.0. The summed E-state index contributed by atoms with van der Waals surface area (Å²) in [7, 11) is 0. The highest BCUT2D eigenvalue weighted by Gasteiger charge is 2.30. The molecule has 0 aliphatic carbocycles. The van der Waals surface area contributed by atoms with Crippen molar-refractivity contribution in [1.82, 2.24) is 10.2 Å². The molecule has 0 spiro atoms. The van der Waals surface area contributed by atoms with Crippen molar-refractivity contribution < 1.29 is 18.7 Å². The third-order valence-corrected chi connectivity index (χ3v) is 6.89. The molecule has 190 valence electrons. The van der Waals surface area contributed by atoms with E-state index in [2.05, 4.69) is 21.2 Å². The monoisotopic (exact) mass is 562 g/mol. The third-order valence-electron chi connectivity index (χ3n) is 6.07. The largest absolute Gasteiger partial charge is 0.483 e. The molecule has 0 bridgehead atoms. The van der Waals surface area contributed by atoms with Crippen molar-refractivity contribution in [2.75, 3.05) is 13.2 Å². The first-order valence-electron chi connectivity index (χ1n) is 12.1. The minimum atomic E-state index is -0.774. The average molecular weight is 563 g/mol. The number of hydrogen-bond donors (Lipinski definition) is 1. The maximum absolute atomic E-state index is 13.6. The van der Waals surface area contributed by atoms with Crippen LogP contribution in [0.15, 0.2) is 95.5 Å². The molecule has 0 aliphatic heterocycles. The summed E-state index contributed by atoms with van der Waals surface area (Å²) in [6, 6.07) is 26.3. The minimum Gasteiger partial charge on any atom is -0.483 e. The van der Waals surface area contributed by atoms with Gasteiger partial charge >= 0.3 is 0 Å². The molecule has 0 aromatic heterocycles. The molecule has 0 fully saturated rings. The summed E-state index contributed by atoms with van der Waals surface area (Å²) in [5.74, 6) is -0.438. The van der Waals surface area contributed by atoms with Gasteiger partial charge in [0.2, 0.25) is 5.91 Å². The van der Waals surface area contributed by atoms with E-state index < -0.39 is 6.04 Å². The SMILES string of the molecule is CCNC(=O)C(Cc1ccccc1)N(Cc1ccc(F)cc1)C(=O)COc1ccc2ccccc2c1Br. The zero-order valence-corrected chi connectivity index (χ0v) is 22.1. The van der Waals surface area contributed by atoms with E-state index in [1.807, 2.05) is 73.7 Å². The number of carbonyl (C=O) groups excluding carboxylic acids is 2. The zero-order valence-electron chi connectivity index (χ0n) is 20.5. The van der Waals surface area contributed by atoms with Crippen LogP contribution in [0.25, 0.3) is 10.8 Å². The number of hydrogen-bond acceptors (Lipinski definition) is 3. The standard InChI is InChI=1S/C30H28BrFN2O3/c1-2-33-30(36)26(18-21-8-4-3-5-9-21)34(19-22-12-15-24(32)16-13-22)28(35)20-37-27-17-14-23-10-6-7-11-25(23)29(27)31/h3-17,26H,2,18-20H2,1H3,(H,33,36). The molecule has 0 radical (unpaired) electrons. The second-order valence-corrected chi connectivity index (χ2v) is 9.43. The van der Waals surface area contributed by atoms with Crippen LogP contribution in [0.3, 0.4) is 0 Å². The summed E-state index contributed by atoms with van der Waals surface area (Å²) >= 11 is 3.60. The van der Waals surface area contributed by atoms with Crippen LogP contribution in [-0.4, -0.2) is 35.9 Å². The summed E-state index contributed by atoms with van der Waals surface area (Å²) < 4.78 is 20.3. The molecule has 4 aromatic rings. The number of benzene rings is 4. The topological polar surface area (TPSA) is 58.6 Å². The van der Waals surface area contributed by atoms with E-state index in [9.17, 15) is 14.0 Å². The fourth-order valence-corrected chi connectivity index (χ4v) is 4.79. The number of nitrogens with zero attached hydrogens (tertiary/aromatic N) is 1. The van der Waals surface area contributed by atoms with Gasteiger partial charge in [-0.3, -0.25) is 9.59 Å². The molecule has 5 nitrogen and oxygen atoms in total. The Hall–Kier alpha value is -3.71. The molecule has 0 saturated heterocycles. The van der Waals surface area contributed by atoms with E-state index in [0.717, 1.165) is 20.8 Å². The first-order chi connectivity index (χ1) is 18.0. The maximum Gasteiger partial charge on any atom is 0.261 e. The van der Waals surface area contributed by atoms with Crippen molar-refractivity contribution in [3.63, 3.8) is 0 Å². The predicted octanol–water partition coefficient (Wildman–Crippen LogP) is 5.90. The summed E-state index contributed by atoms with van der Waals surface area (Å²) in [6.45, 7) is 2.14. The molecule has 0 heterocycles. The molecule has 7 heteroatoms. The van der Waals surface area contributed by atoms with E-state index in [-0.39, 0.29) is 30.8 Å². The highest BCUT2D eigenvalue weighted by atomic mass is 79.9. The van der Waals surface area contributed by atoms with Gasteiger partial charge in [-0.1, -0.05) is 72.8 Å². The van der Waals surface area contributed by atoms with Crippen molar-refractivity contribution in [3.8, 4) is 5.75 Å². The average Bonchev–Trinajstić information content (AvgIpc) is 2.92. The van der Waals surface area contributed by atoms with Gasteiger partial charge < -0.3 is 15.0 Å². The van der Waals surface area contributed by atoms with E-state index in [1.54, 1.807) is 12.1 Å². The van der Waals surface area contributed by atoms with Gasteiger partial charge in [0.05, 0.1) is 4.47 Å². The van der Waals surface area contributed by atoms with Crippen molar-refractivity contribution in [2.24, 2.45) is 0 Å². The quantitative estimate of drug-likeness (QED) is 0.262. The van der Waals surface area contributed by atoms with E-state index in [4.69, 9.17) is 4.74 Å². The summed E-state index contributed by atoms with van der Waals surface area (Å²) in [5.41, 5.74) is 1.64. The van der Waals surface area contributed by atoms with Crippen molar-refractivity contribution in [1.29, 1.82) is 0 Å². The number of halogens is 2. The van der Waals surface area contributed by atoms with Gasteiger partial charge in [-0.15, -0.1) is 0 Å². The van der Waals surface area contributed by atoms with Gasteiger partial charge in [-0.25, -0.2) is 4.39 Å². The van der Waals surface area contributed by atoms with Gasteiger partial charge in [0, 0.05) is 19.5 Å². The van der Waals surface area contributed by atoms with Crippen LogP contribution >= 0.6 is 15.9 Å². The molecule has 0 aliphatic rings.